The van der Waals surface area contributed by atoms with E-state index in [2.05, 4.69) is 44.9 Å². The Morgan fingerprint density at radius 2 is 1.80 bits per heavy atom. The van der Waals surface area contributed by atoms with Crippen molar-refractivity contribution in [2.75, 3.05) is 16.4 Å². The van der Waals surface area contributed by atoms with Gasteiger partial charge in [-0.2, -0.15) is 0 Å². The van der Waals surface area contributed by atoms with Crippen LogP contribution in [0.5, 0.6) is 0 Å². The van der Waals surface area contributed by atoms with Crippen LogP contribution in [-0.4, -0.2) is 32.1 Å². The second kappa shape index (κ2) is 10.1. The Morgan fingerprint density at radius 1 is 1.00 bits per heavy atom. The van der Waals surface area contributed by atoms with E-state index in [9.17, 15) is 9.59 Å². The third kappa shape index (κ3) is 5.42. The first-order chi connectivity index (χ1) is 17.0. The summed E-state index contributed by atoms with van der Waals surface area (Å²) in [6, 6.07) is 21.1. The van der Waals surface area contributed by atoms with Gasteiger partial charge in [-0.1, -0.05) is 48.2 Å². The van der Waals surface area contributed by atoms with Gasteiger partial charge in [0.05, 0.1) is 11.4 Å². The molecule has 0 bridgehead atoms. The summed E-state index contributed by atoms with van der Waals surface area (Å²) in [5.41, 5.74) is 2.92. The number of thioether (sulfide) groups is 1. The largest absolute Gasteiger partial charge is 0.329 e. The van der Waals surface area contributed by atoms with Gasteiger partial charge >= 0.3 is 0 Å². The lowest BCUT2D eigenvalue weighted by atomic mass is 10.1. The molecule has 0 aliphatic rings. The molecule has 3 aromatic carbocycles. The van der Waals surface area contributed by atoms with Crippen LogP contribution in [0.3, 0.4) is 0 Å². The molecule has 35 heavy (non-hydrogen) atoms. The van der Waals surface area contributed by atoms with E-state index in [1.165, 1.54) is 28.5 Å². The quantitative estimate of drug-likeness (QED) is 0.281. The standard InChI is InChI=1S/C26H21N5O2S2/c1-31-13-12-27-26(31)35-16-23(32)28-21-10-8-18(9-11-21)24(33)30-25-29-22(15-34-25)20-7-6-17-4-2-3-5-19(17)14-20/h2-15H,16H2,1H3,(H,28,32)(H,29,30,33). The number of rotatable bonds is 7. The van der Waals surface area contributed by atoms with Gasteiger partial charge in [-0.25, -0.2) is 9.97 Å². The van der Waals surface area contributed by atoms with Gasteiger partial charge in [0.15, 0.2) is 10.3 Å². The molecule has 174 valence electrons. The van der Waals surface area contributed by atoms with E-state index in [1.54, 1.807) is 30.5 Å². The van der Waals surface area contributed by atoms with E-state index in [1.807, 2.05) is 41.4 Å². The van der Waals surface area contributed by atoms with E-state index < -0.39 is 0 Å². The number of hydrogen-bond donors (Lipinski definition) is 2. The number of fused-ring (bicyclic) bond motifs is 1. The minimum Gasteiger partial charge on any atom is -0.329 e. The van der Waals surface area contributed by atoms with E-state index in [4.69, 9.17) is 0 Å². The predicted molar refractivity (Wildman–Crippen MR) is 142 cm³/mol. The van der Waals surface area contributed by atoms with Gasteiger partial charge in [-0.3, -0.25) is 14.9 Å². The molecule has 0 aliphatic heterocycles. The molecule has 0 fully saturated rings. The normalized spacial score (nSPS) is 10.9. The Labute approximate surface area is 210 Å². The molecule has 2 amide bonds. The van der Waals surface area contributed by atoms with Crippen molar-refractivity contribution in [2.45, 2.75) is 5.16 Å². The third-order valence-electron chi connectivity index (χ3n) is 5.31. The number of nitrogens with one attached hydrogen (secondary N) is 2. The summed E-state index contributed by atoms with van der Waals surface area (Å²) in [6.07, 6.45) is 3.53. The first kappa shape index (κ1) is 22.8. The molecule has 2 aromatic heterocycles. The molecule has 2 heterocycles. The van der Waals surface area contributed by atoms with Crippen molar-refractivity contribution < 1.29 is 9.59 Å². The molecule has 5 aromatic rings. The molecular weight excluding hydrogens is 478 g/mol. The van der Waals surface area contributed by atoms with Crippen LogP contribution in [-0.2, 0) is 11.8 Å². The molecule has 5 rings (SSSR count). The average molecular weight is 500 g/mol. The number of amides is 2. The number of nitrogens with zero attached hydrogens (tertiary/aromatic N) is 3. The Kier molecular flexibility index (Phi) is 6.60. The van der Waals surface area contributed by atoms with E-state index >= 15 is 0 Å². The van der Waals surface area contributed by atoms with Crippen molar-refractivity contribution in [3.05, 3.63) is 90.1 Å². The van der Waals surface area contributed by atoms with Gasteiger partial charge in [0, 0.05) is 41.6 Å². The summed E-state index contributed by atoms with van der Waals surface area (Å²) in [5.74, 6) is -0.150. The second-order valence-corrected chi connectivity index (χ2v) is 9.59. The Hall–Kier alpha value is -3.95. The summed E-state index contributed by atoms with van der Waals surface area (Å²) in [7, 11) is 1.88. The number of carbonyl (C=O) groups excluding carboxylic acids is 2. The molecule has 7 nitrogen and oxygen atoms in total. The van der Waals surface area contributed by atoms with Gasteiger partial charge < -0.3 is 9.88 Å². The smallest absolute Gasteiger partial charge is 0.257 e. The zero-order chi connectivity index (χ0) is 24.2. The third-order valence-corrected chi connectivity index (χ3v) is 7.13. The molecular formula is C26H21N5O2S2. The van der Waals surface area contributed by atoms with E-state index in [0.717, 1.165) is 21.8 Å². The van der Waals surface area contributed by atoms with Gasteiger partial charge in [0.1, 0.15) is 0 Å². The fraction of sp³-hybridized carbons (Fsp3) is 0.0769. The molecule has 0 atom stereocenters. The van der Waals surface area contributed by atoms with Crippen molar-refractivity contribution in [2.24, 2.45) is 7.05 Å². The molecule has 0 aliphatic carbocycles. The van der Waals surface area contributed by atoms with Crippen LogP contribution >= 0.6 is 23.1 Å². The van der Waals surface area contributed by atoms with Gasteiger partial charge in [-0.05, 0) is 41.1 Å². The number of aromatic nitrogens is 3. The van der Waals surface area contributed by atoms with E-state index in [-0.39, 0.29) is 17.6 Å². The Morgan fingerprint density at radius 3 is 2.57 bits per heavy atom. The number of benzene rings is 3. The number of aryl methyl sites for hydroxylation is 1. The fourth-order valence-corrected chi connectivity index (χ4v) is 4.95. The highest BCUT2D eigenvalue weighted by atomic mass is 32.2. The van der Waals surface area contributed by atoms with E-state index in [0.29, 0.717) is 16.4 Å². The first-order valence-electron chi connectivity index (χ1n) is 10.8. The van der Waals surface area contributed by atoms with Crippen LogP contribution in [0, 0.1) is 0 Å². The van der Waals surface area contributed by atoms with Crippen LogP contribution in [0.2, 0.25) is 0 Å². The highest BCUT2D eigenvalue weighted by Crippen LogP contribution is 2.28. The van der Waals surface area contributed by atoms with Crippen LogP contribution < -0.4 is 10.6 Å². The van der Waals surface area contributed by atoms with Crippen molar-refractivity contribution in [1.82, 2.24) is 14.5 Å². The summed E-state index contributed by atoms with van der Waals surface area (Å²) in [5, 5.41) is 11.2. The Balaban J connectivity index is 1.18. The number of anilines is 2. The summed E-state index contributed by atoms with van der Waals surface area (Å²) < 4.78 is 1.86. The van der Waals surface area contributed by atoms with Crippen LogP contribution in [0.1, 0.15) is 10.4 Å². The summed E-state index contributed by atoms with van der Waals surface area (Å²) in [6.45, 7) is 0. The maximum absolute atomic E-state index is 12.7. The topological polar surface area (TPSA) is 88.9 Å². The predicted octanol–water partition coefficient (Wildman–Crippen LogP) is 5.68. The SMILES string of the molecule is Cn1ccnc1SCC(=O)Nc1ccc(C(=O)Nc2nc(-c3ccc4ccccc4c3)cs2)cc1. The molecule has 0 unspecified atom stereocenters. The number of imidazole rings is 1. The first-order valence-corrected chi connectivity index (χ1v) is 12.7. The van der Waals surface area contributed by atoms with Gasteiger partial charge in [0.25, 0.3) is 5.91 Å². The number of hydrogen-bond acceptors (Lipinski definition) is 6. The molecule has 0 radical (unpaired) electrons. The summed E-state index contributed by atoms with van der Waals surface area (Å²) in [4.78, 5) is 33.7. The van der Waals surface area contributed by atoms with Crippen LogP contribution in [0.15, 0.2) is 89.7 Å². The lowest BCUT2D eigenvalue weighted by molar-refractivity contribution is -0.113. The number of thiazole rings is 1. The van der Waals surface area contributed by atoms with Crippen molar-refractivity contribution >= 4 is 56.5 Å². The van der Waals surface area contributed by atoms with Crippen molar-refractivity contribution in [1.29, 1.82) is 0 Å². The zero-order valence-corrected chi connectivity index (χ0v) is 20.4. The average Bonchev–Trinajstić information content (AvgIpc) is 3.51. The highest BCUT2D eigenvalue weighted by molar-refractivity contribution is 7.99. The number of carbonyl (C=O) groups is 2. The molecule has 0 spiro atoms. The second-order valence-electron chi connectivity index (χ2n) is 7.79. The molecule has 9 heteroatoms. The van der Waals surface area contributed by atoms with Crippen LogP contribution in [0.25, 0.3) is 22.0 Å². The zero-order valence-electron chi connectivity index (χ0n) is 18.8. The fourth-order valence-electron chi connectivity index (χ4n) is 3.50. The van der Waals surface area contributed by atoms with Gasteiger partial charge in [-0.15, -0.1) is 11.3 Å². The van der Waals surface area contributed by atoms with Gasteiger partial charge in [0.2, 0.25) is 5.91 Å². The minimum absolute atomic E-state index is 0.140. The lowest BCUT2D eigenvalue weighted by Crippen LogP contribution is -2.15. The minimum atomic E-state index is -0.257. The maximum atomic E-state index is 12.7. The van der Waals surface area contributed by atoms with Crippen molar-refractivity contribution in [3.63, 3.8) is 0 Å². The summed E-state index contributed by atoms with van der Waals surface area (Å²) >= 11 is 2.74. The maximum Gasteiger partial charge on any atom is 0.257 e. The highest BCUT2D eigenvalue weighted by Gasteiger charge is 2.12. The molecule has 0 saturated carbocycles. The van der Waals surface area contributed by atoms with Crippen LogP contribution in [0.4, 0.5) is 10.8 Å². The molecule has 0 saturated heterocycles. The Bertz CT molecular complexity index is 1510. The monoisotopic (exact) mass is 499 g/mol. The molecule has 2 N–H and O–H groups in total. The lowest BCUT2D eigenvalue weighted by Gasteiger charge is -2.07. The van der Waals surface area contributed by atoms with Crippen molar-refractivity contribution in [3.8, 4) is 11.3 Å².